The summed E-state index contributed by atoms with van der Waals surface area (Å²) in [5, 5.41) is 3.60. The van der Waals surface area contributed by atoms with Crippen LogP contribution < -0.4 is 5.32 Å². The van der Waals surface area contributed by atoms with Crippen LogP contribution in [0.5, 0.6) is 0 Å². The van der Waals surface area contributed by atoms with Crippen LogP contribution >= 0.6 is 0 Å². The van der Waals surface area contributed by atoms with Gasteiger partial charge in [-0.3, -0.25) is 0 Å². The van der Waals surface area contributed by atoms with Crippen molar-refractivity contribution >= 4 is 0 Å². The maximum absolute atomic E-state index is 4.39. The third kappa shape index (κ3) is 1.80. The highest BCUT2D eigenvalue weighted by molar-refractivity contribution is 5.08. The quantitative estimate of drug-likeness (QED) is 0.887. The van der Waals surface area contributed by atoms with Crippen LogP contribution in [0.15, 0.2) is 12.5 Å². The Hall–Kier alpha value is -0.830. The zero-order valence-corrected chi connectivity index (χ0v) is 11.0. The van der Waals surface area contributed by atoms with Gasteiger partial charge in [-0.1, -0.05) is 6.42 Å². The van der Waals surface area contributed by atoms with Gasteiger partial charge in [0.15, 0.2) is 0 Å². The standard InChI is InChI=1S/C15H23N3/c1-2-14(17-5-1)15-8-16-10-18(15)9-13-7-11-3-4-12(13)6-11/h8,10-14,17H,1-7,9H2. The van der Waals surface area contributed by atoms with E-state index in [1.54, 1.807) is 0 Å². The first-order valence-electron chi connectivity index (χ1n) is 7.63. The molecule has 4 unspecified atom stereocenters. The van der Waals surface area contributed by atoms with E-state index in [-0.39, 0.29) is 0 Å². The normalized spacial score (nSPS) is 38.7. The zero-order valence-electron chi connectivity index (χ0n) is 11.0. The molecular weight excluding hydrogens is 222 g/mol. The van der Waals surface area contributed by atoms with Crippen LogP contribution in [-0.4, -0.2) is 16.1 Å². The minimum atomic E-state index is 0.561. The predicted octanol–water partition coefficient (Wildman–Crippen LogP) is 2.74. The molecule has 2 saturated carbocycles. The fourth-order valence-corrected chi connectivity index (χ4v) is 4.56. The van der Waals surface area contributed by atoms with E-state index in [0.717, 1.165) is 17.8 Å². The molecule has 4 atom stereocenters. The molecule has 2 heterocycles. The molecule has 3 nitrogen and oxygen atoms in total. The molecule has 1 saturated heterocycles. The largest absolute Gasteiger partial charge is 0.333 e. The van der Waals surface area contributed by atoms with Crippen molar-refractivity contribution in [1.82, 2.24) is 14.9 Å². The first-order valence-corrected chi connectivity index (χ1v) is 7.63. The minimum Gasteiger partial charge on any atom is -0.333 e. The predicted molar refractivity (Wildman–Crippen MR) is 71.1 cm³/mol. The summed E-state index contributed by atoms with van der Waals surface area (Å²) >= 11 is 0. The van der Waals surface area contributed by atoms with Gasteiger partial charge >= 0.3 is 0 Å². The first-order chi connectivity index (χ1) is 8.90. The summed E-state index contributed by atoms with van der Waals surface area (Å²) in [7, 11) is 0. The van der Waals surface area contributed by atoms with Crippen LogP contribution in [0.1, 0.15) is 50.3 Å². The maximum Gasteiger partial charge on any atom is 0.0948 e. The van der Waals surface area contributed by atoms with E-state index in [0.29, 0.717) is 6.04 Å². The molecule has 2 aliphatic carbocycles. The topological polar surface area (TPSA) is 29.9 Å². The molecule has 1 aliphatic heterocycles. The number of rotatable bonds is 3. The number of hydrogen-bond acceptors (Lipinski definition) is 2. The molecule has 0 amide bonds. The van der Waals surface area contributed by atoms with Gasteiger partial charge in [0.1, 0.15) is 0 Å². The molecule has 18 heavy (non-hydrogen) atoms. The Morgan fingerprint density at radius 2 is 2.28 bits per heavy atom. The van der Waals surface area contributed by atoms with Gasteiger partial charge < -0.3 is 9.88 Å². The second-order valence-corrected chi connectivity index (χ2v) is 6.55. The average Bonchev–Trinajstić information content (AvgIpc) is 3.14. The summed E-state index contributed by atoms with van der Waals surface area (Å²) in [6, 6.07) is 0.561. The third-order valence-electron chi connectivity index (χ3n) is 5.48. The molecule has 3 fully saturated rings. The van der Waals surface area contributed by atoms with E-state index in [9.17, 15) is 0 Å². The van der Waals surface area contributed by atoms with Crippen molar-refractivity contribution in [2.75, 3.05) is 6.54 Å². The number of hydrogen-bond donors (Lipinski definition) is 1. The summed E-state index contributed by atoms with van der Waals surface area (Å²) < 4.78 is 2.44. The van der Waals surface area contributed by atoms with Crippen molar-refractivity contribution in [3.05, 3.63) is 18.2 Å². The van der Waals surface area contributed by atoms with E-state index in [4.69, 9.17) is 0 Å². The SMILES string of the molecule is c1ncn(CC2CC3CCC2C3)c1C1CCCN1. The van der Waals surface area contributed by atoms with E-state index in [1.807, 2.05) is 0 Å². The summed E-state index contributed by atoms with van der Waals surface area (Å²) in [5.41, 5.74) is 1.43. The number of imidazole rings is 1. The Morgan fingerprint density at radius 1 is 1.28 bits per heavy atom. The monoisotopic (exact) mass is 245 g/mol. The van der Waals surface area contributed by atoms with Gasteiger partial charge in [0.25, 0.3) is 0 Å². The number of nitrogens with zero attached hydrogens (tertiary/aromatic N) is 2. The van der Waals surface area contributed by atoms with Crippen molar-refractivity contribution in [3.63, 3.8) is 0 Å². The van der Waals surface area contributed by atoms with Gasteiger partial charge in [0.05, 0.1) is 12.0 Å². The van der Waals surface area contributed by atoms with Gasteiger partial charge in [-0.15, -0.1) is 0 Å². The Labute approximate surface area is 109 Å². The third-order valence-corrected chi connectivity index (χ3v) is 5.48. The fourth-order valence-electron chi connectivity index (χ4n) is 4.56. The lowest BCUT2D eigenvalue weighted by Crippen LogP contribution is -2.21. The molecule has 4 rings (SSSR count). The first kappa shape index (κ1) is 11.0. The number of aromatic nitrogens is 2. The molecule has 0 spiro atoms. The molecule has 3 heteroatoms. The second-order valence-electron chi connectivity index (χ2n) is 6.55. The van der Waals surface area contributed by atoms with Crippen molar-refractivity contribution in [1.29, 1.82) is 0 Å². The lowest BCUT2D eigenvalue weighted by atomic mass is 9.88. The number of fused-ring (bicyclic) bond motifs is 2. The van der Waals surface area contributed by atoms with Gasteiger partial charge in [0, 0.05) is 18.8 Å². The van der Waals surface area contributed by atoms with Crippen LogP contribution in [-0.2, 0) is 6.54 Å². The fraction of sp³-hybridized carbons (Fsp3) is 0.800. The summed E-state index contributed by atoms with van der Waals surface area (Å²) in [5.74, 6) is 3.00. The highest BCUT2D eigenvalue weighted by atomic mass is 15.1. The van der Waals surface area contributed by atoms with Crippen molar-refractivity contribution in [2.24, 2.45) is 17.8 Å². The molecular formula is C15H23N3. The Balaban J connectivity index is 1.49. The molecule has 1 aromatic rings. The Kier molecular flexibility index (Phi) is 2.68. The van der Waals surface area contributed by atoms with Crippen LogP contribution in [0.2, 0.25) is 0 Å². The summed E-state index contributed by atoms with van der Waals surface area (Å²) in [4.78, 5) is 4.39. The minimum absolute atomic E-state index is 0.561. The molecule has 1 N–H and O–H groups in total. The average molecular weight is 245 g/mol. The van der Waals surface area contributed by atoms with Gasteiger partial charge in [-0.05, 0) is 56.4 Å². The Bertz CT molecular complexity index is 419. The van der Waals surface area contributed by atoms with Gasteiger partial charge in [-0.25, -0.2) is 4.98 Å². The molecule has 3 aliphatic rings. The molecule has 98 valence electrons. The van der Waals surface area contributed by atoms with Crippen LogP contribution in [0, 0.1) is 17.8 Å². The van der Waals surface area contributed by atoms with E-state index < -0.39 is 0 Å². The lowest BCUT2D eigenvalue weighted by Gasteiger charge is -2.24. The van der Waals surface area contributed by atoms with E-state index in [1.165, 1.54) is 57.3 Å². The maximum atomic E-state index is 4.39. The van der Waals surface area contributed by atoms with Crippen LogP contribution in [0.4, 0.5) is 0 Å². The van der Waals surface area contributed by atoms with Crippen LogP contribution in [0.3, 0.4) is 0 Å². The highest BCUT2D eigenvalue weighted by Gasteiger charge is 2.39. The smallest absolute Gasteiger partial charge is 0.0948 e. The number of nitrogens with one attached hydrogen (secondary N) is 1. The summed E-state index contributed by atoms with van der Waals surface area (Å²) in [6.45, 7) is 2.39. The van der Waals surface area contributed by atoms with Crippen molar-refractivity contribution in [2.45, 2.75) is 51.1 Å². The zero-order chi connectivity index (χ0) is 11.9. The second kappa shape index (κ2) is 4.37. The molecule has 2 bridgehead atoms. The van der Waals surface area contributed by atoms with Gasteiger partial charge in [0.2, 0.25) is 0 Å². The summed E-state index contributed by atoms with van der Waals surface area (Å²) in [6.07, 6.45) is 12.7. The molecule has 1 aromatic heterocycles. The van der Waals surface area contributed by atoms with Gasteiger partial charge in [-0.2, -0.15) is 0 Å². The van der Waals surface area contributed by atoms with Crippen molar-refractivity contribution < 1.29 is 0 Å². The molecule has 0 aromatic carbocycles. The Morgan fingerprint density at radius 3 is 3.00 bits per heavy atom. The van der Waals surface area contributed by atoms with Crippen molar-refractivity contribution in [3.8, 4) is 0 Å². The van der Waals surface area contributed by atoms with E-state index in [2.05, 4.69) is 27.4 Å². The highest BCUT2D eigenvalue weighted by Crippen LogP contribution is 2.49. The van der Waals surface area contributed by atoms with E-state index >= 15 is 0 Å². The molecule has 0 radical (unpaired) electrons. The van der Waals surface area contributed by atoms with Crippen LogP contribution in [0.25, 0.3) is 0 Å². The lowest BCUT2D eigenvalue weighted by molar-refractivity contribution is 0.291.